The number of benzene rings is 1. The summed E-state index contributed by atoms with van der Waals surface area (Å²) in [5, 5.41) is 0.389. The first-order valence-corrected chi connectivity index (χ1v) is 8.34. The number of nitrogens with zero attached hydrogens (tertiary/aromatic N) is 2. The molecule has 4 nitrogen and oxygen atoms in total. The number of aromatic nitrogens is 1. The molecule has 2 aromatic heterocycles. The average molecular weight is 378 g/mol. The number of rotatable bonds is 2. The molecule has 0 aliphatic carbocycles. The Morgan fingerprint density at radius 2 is 1.85 bits per heavy atom. The molecule has 3 aromatic rings. The molecule has 1 amide bonds. The van der Waals surface area contributed by atoms with Crippen molar-refractivity contribution in [3.63, 3.8) is 0 Å². The molecule has 1 aliphatic heterocycles. The molecular weight excluding hydrogens is 364 g/mol. The molecule has 0 saturated carbocycles. The Morgan fingerprint density at radius 1 is 1.11 bits per heavy atom. The highest BCUT2D eigenvalue weighted by Crippen LogP contribution is 2.31. The van der Waals surface area contributed by atoms with Gasteiger partial charge < -0.3 is 9.32 Å². The van der Waals surface area contributed by atoms with Crippen LogP contribution >= 0.6 is 0 Å². The number of carbonyl (C=O) groups is 1. The lowest BCUT2D eigenvalue weighted by Gasteiger charge is -2.31. The first-order chi connectivity index (χ1) is 12.9. The van der Waals surface area contributed by atoms with Gasteiger partial charge in [0.2, 0.25) is 5.82 Å². The highest BCUT2D eigenvalue weighted by Gasteiger charge is 2.35. The van der Waals surface area contributed by atoms with Crippen molar-refractivity contribution in [1.82, 2.24) is 9.88 Å². The second kappa shape index (κ2) is 6.37. The minimum absolute atomic E-state index is 0.0371. The molecule has 0 bridgehead atoms. The zero-order valence-corrected chi connectivity index (χ0v) is 14.0. The van der Waals surface area contributed by atoms with E-state index in [1.165, 1.54) is 41.6 Å². The number of alkyl halides is 2. The van der Waals surface area contributed by atoms with Gasteiger partial charge in [-0.05, 0) is 24.3 Å². The zero-order chi connectivity index (χ0) is 19.2. The van der Waals surface area contributed by atoms with Crippen molar-refractivity contribution in [3.8, 4) is 11.3 Å². The summed E-state index contributed by atoms with van der Waals surface area (Å²) < 4.78 is 59.7. The standard InChI is InChI=1S/C19H14F4N2O2/c20-15-13(9-11-3-8-27-17(11)16(15)21)14-2-1-12(10-24-14)18(26)25-6-4-19(22,23)5-7-25/h1-3,8-10H,4-7H2. The number of hydrogen-bond acceptors (Lipinski definition) is 3. The number of furan rings is 1. The van der Waals surface area contributed by atoms with Crippen LogP contribution in [0.2, 0.25) is 0 Å². The Morgan fingerprint density at radius 3 is 2.52 bits per heavy atom. The molecule has 4 rings (SSSR count). The van der Waals surface area contributed by atoms with Gasteiger partial charge in [-0.15, -0.1) is 0 Å². The van der Waals surface area contributed by atoms with E-state index in [9.17, 15) is 22.4 Å². The second-order valence-corrected chi connectivity index (χ2v) is 6.47. The van der Waals surface area contributed by atoms with Crippen LogP contribution in [0.25, 0.3) is 22.2 Å². The molecule has 0 N–H and O–H groups in total. The Bertz CT molecular complexity index is 1000. The summed E-state index contributed by atoms with van der Waals surface area (Å²) in [5.74, 6) is -5.36. The monoisotopic (exact) mass is 378 g/mol. The van der Waals surface area contributed by atoms with Gasteiger partial charge in [0.15, 0.2) is 11.4 Å². The molecule has 8 heteroatoms. The minimum Gasteiger partial charge on any atom is -0.461 e. The minimum atomic E-state index is -2.74. The molecule has 0 radical (unpaired) electrons. The van der Waals surface area contributed by atoms with Crippen LogP contribution in [0.5, 0.6) is 0 Å². The fraction of sp³-hybridized carbons (Fsp3) is 0.263. The highest BCUT2D eigenvalue weighted by atomic mass is 19.3. The van der Waals surface area contributed by atoms with E-state index >= 15 is 0 Å². The van der Waals surface area contributed by atoms with Crippen LogP contribution in [0, 0.1) is 11.6 Å². The van der Waals surface area contributed by atoms with E-state index in [0.717, 1.165) is 0 Å². The van der Waals surface area contributed by atoms with Crippen LogP contribution in [-0.4, -0.2) is 34.8 Å². The summed E-state index contributed by atoms with van der Waals surface area (Å²) in [7, 11) is 0. The summed E-state index contributed by atoms with van der Waals surface area (Å²) >= 11 is 0. The van der Waals surface area contributed by atoms with Crippen LogP contribution in [0.4, 0.5) is 17.6 Å². The van der Waals surface area contributed by atoms with Gasteiger partial charge in [0.1, 0.15) is 0 Å². The second-order valence-electron chi connectivity index (χ2n) is 6.47. The first-order valence-electron chi connectivity index (χ1n) is 8.34. The molecule has 1 fully saturated rings. The van der Waals surface area contributed by atoms with Gasteiger partial charge in [-0.25, -0.2) is 13.2 Å². The van der Waals surface area contributed by atoms with Gasteiger partial charge in [-0.1, -0.05) is 0 Å². The third-order valence-corrected chi connectivity index (χ3v) is 4.69. The number of fused-ring (bicyclic) bond motifs is 1. The summed E-state index contributed by atoms with van der Waals surface area (Å²) in [5.41, 5.74) is 0.119. The Labute approximate surface area is 151 Å². The maximum Gasteiger partial charge on any atom is 0.255 e. The maximum atomic E-state index is 14.3. The van der Waals surface area contributed by atoms with Crippen molar-refractivity contribution in [2.45, 2.75) is 18.8 Å². The smallest absolute Gasteiger partial charge is 0.255 e. The predicted octanol–water partition coefficient (Wildman–Crippen LogP) is 4.64. The van der Waals surface area contributed by atoms with Gasteiger partial charge in [0.05, 0.1) is 17.5 Å². The molecule has 0 atom stereocenters. The van der Waals surface area contributed by atoms with Crippen molar-refractivity contribution in [3.05, 3.63) is 53.9 Å². The lowest BCUT2D eigenvalue weighted by Crippen LogP contribution is -2.42. The van der Waals surface area contributed by atoms with Gasteiger partial charge >= 0.3 is 0 Å². The number of halogens is 4. The quantitative estimate of drug-likeness (QED) is 0.610. The van der Waals surface area contributed by atoms with Crippen LogP contribution < -0.4 is 0 Å². The molecule has 1 aliphatic rings. The number of hydrogen-bond donors (Lipinski definition) is 0. The molecule has 0 spiro atoms. The maximum absolute atomic E-state index is 14.3. The van der Waals surface area contributed by atoms with Crippen LogP contribution in [0.3, 0.4) is 0 Å². The van der Waals surface area contributed by atoms with Crippen molar-refractivity contribution in [1.29, 1.82) is 0 Å². The molecule has 1 aromatic carbocycles. The van der Waals surface area contributed by atoms with Gasteiger partial charge in [0, 0.05) is 43.1 Å². The lowest BCUT2D eigenvalue weighted by atomic mass is 10.0. The Balaban J connectivity index is 1.59. The molecule has 0 unspecified atom stereocenters. The topological polar surface area (TPSA) is 46.3 Å². The van der Waals surface area contributed by atoms with E-state index in [1.807, 2.05) is 0 Å². The summed E-state index contributed by atoms with van der Waals surface area (Å²) in [6, 6.07) is 5.74. The number of likely N-dealkylation sites (tertiary alicyclic amines) is 1. The molecular formula is C19H14F4N2O2. The Kier molecular flexibility index (Phi) is 4.13. The largest absolute Gasteiger partial charge is 0.461 e. The van der Waals surface area contributed by atoms with Gasteiger partial charge in [-0.2, -0.15) is 4.39 Å². The first kappa shape index (κ1) is 17.5. The number of carbonyl (C=O) groups excluding carboxylic acids is 1. The summed E-state index contributed by atoms with van der Waals surface area (Å²) in [6.45, 7) is -0.0742. The van der Waals surface area contributed by atoms with Crippen LogP contribution in [0.15, 0.2) is 41.1 Å². The molecule has 1 saturated heterocycles. The van der Waals surface area contributed by atoms with Crippen molar-refractivity contribution >= 4 is 16.9 Å². The SMILES string of the molecule is O=C(c1ccc(-c2cc3ccoc3c(F)c2F)nc1)N1CCC(F)(F)CC1. The fourth-order valence-corrected chi connectivity index (χ4v) is 3.13. The van der Waals surface area contributed by atoms with Crippen molar-refractivity contribution in [2.24, 2.45) is 0 Å². The molecule has 3 heterocycles. The van der Waals surface area contributed by atoms with E-state index in [2.05, 4.69) is 4.98 Å². The third-order valence-electron chi connectivity index (χ3n) is 4.69. The van der Waals surface area contributed by atoms with Crippen LogP contribution in [-0.2, 0) is 0 Å². The highest BCUT2D eigenvalue weighted by molar-refractivity contribution is 5.94. The van der Waals surface area contributed by atoms with E-state index in [-0.39, 0.29) is 48.3 Å². The Hall–Kier alpha value is -2.90. The lowest BCUT2D eigenvalue weighted by molar-refractivity contribution is -0.0494. The van der Waals surface area contributed by atoms with E-state index in [0.29, 0.717) is 5.39 Å². The van der Waals surface area contributed by atoms with Gasteiger partial charge in [0.25, 0.3) is 11.8 Å². The third kappa shape index (κ3) is 3.15. The molecule has 27 heavy (non-hydrogen) atoms. The van der Waals surface area contributed by atoms with Crippen LogP contribution in [0.1, 0.15) is 23.2 Å². The number of amides is 1. The number of piperidine rings is 1. The fourth-order valence-electron chi connectivity index (χ4n) is 3.13. The molecule has 140 valence electrons. The number of pyridine rings is 1. The normalized spacial score (nSPS) is 16.7. The predicted molar refractivity (Wildman–Crippen MR) is 89.4 cm³/mol. The van der Waals surface area contributed by atoms with E-state index in [4.69, 9.17) is 4.42 Å². The van der Waals surface area contributed by atoms with E-state index in [1.54, 1.807) is 0 Å². The van der Waals surface area contributed by atoms with E-state index < -0.39 is 23.5 Å². The van der Waals surface area contributed by atoms with Crippen molar-refractivity contribution in [2.75, 3.05) is 13.1 Å². The summed E-state index contributed by atoms with van der Waals surface area (Å²) in [4.78, 5) is 17.8. The van der Waals surface area contributed by atoms with Gasteiger partial charge in [-0.3, -0.25) is 9.78 Å². The summed E-state index contributed by atoms with van der Waals surface area (Å²) in [6.07, 6.45) is 1.74. The average Bonchev–Trinajstić information content (AvgIpc) is 3.13. The zero-order valence-electron chi connectivity index (χ0n) is 14.0. The van der Waals surface area contributed by atoms with Crippen molar-refractivity contribution < 1.29 is 26.8 Å².